The number of ether oxygens (including phenoxy) is 1. The van der Waals surface area contributed by atoms with Crippen LogP contribution in [0.4, 0.5) is 0 Å². The van der Waals surface area contributed by atoms with Crippen LogP contribution in [0.25, 0.3) is 5.52 Å². The molecule has 0 saturated heterocycles. The van der Waals surface area contributed by atoms with Gasteiger partial charge < -0.3 is 4.74 Å². The van der Waals surface area contributed by atoms with Crippen LogP contribution >= 0.6 is 0 Å². The Balaban J connectivity index is 2.28. The van der Waals surface area contributed by atoms with Crippen molar-refractivity contribution in [1.29, 1.82) is 0 Å². The lowest BCUT2D eigenvalue weighted by molar-refractivity contribution is -0.133. The molecule has 0 N–H and O–H groups in total. The van der Waals surface area contributed by atoms with Gasteiger partial charge in [-0.05, 0) is 6.42 Å². The summed E-state index contributed by atoms with van der Waals surface area (Å²) in [5.74, 6) is 0.344. The summed E-state index contributed by atoms with van der Waals surface area (Å²) in [6, 6.07) is 1.88. The van der Waals surface area contributed by atoms with E-state index < -0.39 is 0 Å². The first-order valence-corrected chi connectivity index (χ1v) is 5.34. The molecule has 0 radical (unpaired) electrons. The van der Waals surface area contributed by atoms with Crippen LogP contribution in [0.2, 0.25) is 0 Å². The topological polar surface area (TPSA) is 56.5 Å². The van der Waals surface area contributed by atoms with E-state index in [0.29, 0.717) is 5.75 Å². The van der Waals surface area contributed by atoms with Gasteiger partial charge in [0.05, 0.1) is 12.1 Å². The lowest BCUT2D eigenvalue weighted by atomic mass is 10.2. The average molecular weight is 217 g/mol. The van der Waals surface area contributed by atoms with Crippen LogP contribution in [0.5, 0.6) is 5.75 Å². The maximum Gasteiger partial charge on any atom is 0.317 e. The Hall–Kier alpha value is -1.91. The second-order valence-corrected chi connectivity index (χ2v) is 3.87. The number of carbonyl (C=O) groups is 1. The van der Waals surface area contributed by atoms with E-state index in [1.165, 1.54) is 6.33 Å². The SMILES string of the molecule is CCCc1cc2c3c(ncnn13)CC(=O)O2. The molecule has 0 bridgehead atoms. The number of hydrogen-bond donors (Lipinski definition) is 0. The molecule has 1 aliphatic heterocycles. The molecule has 0 aliphatic carbocycles. The molecule has 0 fully saturated rings. The van der Waals surface area contributed by atoms with Crippen molar-refractivity contribution in [2.24, 2.45) is 0 Å². The molecule has 16 heavy (non-hydrogen) atoms. The highest BCUT2D eigenvalue weighted by molar-refractivity contribution is 5.85. The summed E-state index contributed by atoms with van der Waals surface area (Å²) in [6.07, 6.45) is 3.66. The Morgan fingerprint density at radius 1 is 1.56 bits per heavy atom. The van der Waals surface area contributed by atoms with Gasteiger partial charge in [-0.25, -0.2) is 9.50 Å². The first-order valence-electron chi connectivity index (χ1n) is 5.34. The van der Waals surface area contributed by atoms with Gasteiger partial charge in [0, 0.05) is 11.8 Å². The molecule has 0 atom stereocenters. The van der Waals surface area contributed by atoms with E-state index in [0.717, 1.165) is 29.7 Å². The number of nitrogens with zero attached hydrogens (tertiary/aromatic N) is 3. The molecule has 1 aliphatic rings. The van der Waals surface area contributed by atoms with E-state index in [4.69, 9.17) is 4.74 Å². The van der Waals surface area contributed by atoms with Crippen LogP contribution in [-0.2, 0) is 17.6 Å². The van der Waals surface area contributed by atoms with E-state index in [-0.39, 0.29) is 12.4 Å². The molecule has 5 heteroatoms. The second-order valence-electron chi connectivity index (χ2n) is 3.87. The van der Waals surface area contributed by atoms with Gasteiger partial charge in [0.25, 0.3) is 0 Å². The standard InChI is InChI=1S/C11H11N3O2/c1-2-3-7-4-9-11-8(5-10(15)16-9)12-6-13-14(7)11/h4,6H,2-3,5H2,1H3. The van der Waals surface area contributed by atoms with E-state index in [1.807, 2.05) is 10.6 Å². The fourth-order valence-corrected chi connectivity index (χ4v) is 2.07. The summed E-state index contributed by atoms with van der Waals surface area (Å²) < 4.78 is 7.02. The van der Waals surface area contributed by atoms with Crippen molar-refractivity contribution in [2.45, 2.75) is 26.2 Å². The van der Waals surface area contributed by atoms with E-state index >= 15 is 0 Å². The Kier molecular flexibility index (Phi) is 1.92. The number of carbonyl (C=O) groups excluding carboxylic acids is 1. The zero-order valence-corrected chi connectivity index (χ0v) is 8.93. The van der Waals surface area contributed by atoms with Crippen molar-refractivity contribution in [2.75, 3.05) is 0 Å². The average Bonchev–Trinajstić information content (AvgIpc) is 2.59. The molecule has 5 nitrogen and oxygen atoms in total. The molecule has 0 unspecified atom stereocenters. The molecular formula is C11H11N3O2. The lowest BCUT2D eigenvalue weighted by Crippen LogP contribution is -2.18. The summed E-state index contributed by atoms with van der Waals surface area (Å²) in [4.78, 5) is 15.5. The third-order valence-electron chi connectivity index (χ3n) is 2.71. The number of aromatic nitrogens is 3. The molecular weight excluding hydrogens is 206 g/mol. The summed E-state index contributed by atoms with van der Waals surface area (Å²) >= 11 is 0. The first kappa shape index (κ1) is 9.33. The van der Waals surface area contributed by atoms with Crippen molar-refractivity contribution in [3.05, 3.63) is 23.8 Å². The molecule has 82 valence electrons. The molecule has 0 spiro atoms. The molecule has 0 aromatic carbocycles. The highest BCUT2D eigenvalue weighted by atomic mass is 16.5. The van der Waals surface area contributed by atoms with Gasteiger partial charge in [0.2, 0.25) is 0 Å². The number of hydrogen-bond acceptors (Lipinski definition) is 4. The maximum atomic E-state index is 11.3. The Morgan fingerprint density at radius 2 is 2.44 bits per heavy atom. The fraction of sp³-hybridized carbons (Fsp3) is 0.364. The summed E-state index contributed by atoms with van der Waals surface area (Å²) in [5, 5.41) is 4.20. The molecule has 2 aromatic heterocycles. The van der Waals surface area contributed by atoms with Crippen molar-refractivity contribution in [1.82, 2.24) is 14.6 Å². The zero-order chi connectivity index (χ0) is 11.1. The number of rotatable bonds is 2. The predicted octanol–water partition coefficient (Wildman–Crippen LogP) is 1.14. The first-order chi connectivity index (χ1) is 7.79. The zero-order valence-electron chi connectivity index (χ0n) is 8.93. The van der Waals surface area contributed by atoms with E-state index in [9.17, 15) is 4.79 Å². The van der Waals surface area contributed by atoms with Crippen LogP contribution in [-0.4, -0.2) is 20.6 Å². The maximum absolute atomic E-state index is 11.3. The Morgan fingerprint density at radius 3 is 3.25 bits per heavy atom. The van der Waals surface area contributed by atoms with Crippen LogP contribution in [0.3, 0.4) is 0 Å². The number of aryl methyl sites for hydroxylation is 1. The van der Waals surface area contributed by atoms with Crippen molar-refractivity contribution in [3.8, 4) is 5.75 Å². The second kappa shape index (κ2) is 3.30. The highest BCUT2D eigenvalue weighted by Gasteiger charge is 2.24. The lowest BCUT2D eigenvalue weighted by Gasteiger charge is -2.10. The van der Waals surface area contributed by atoms with E-state index in [1.54, 1.807) is 0 Å². The van der Waals surface area contributed by atoms with Crippen LogP contribution < -0.4 is 4.74 Å². The quantitative estimate of drug-likeness (QED) is 0.708. The summed E-state index contributed by atoms with van der Waals surface area (Å²) in [6.45, 7) is 2.10. The Bertz CT molecular complexity index is 574. The predicted molar refractivity (Wildman–Crippen MR) is 56.3 cm³/mol. The van der Waals surface area contributed by atoms with Crippen LogP contribution in [0, 0.1) is 0 Å². The number of esters is 1. The third kappa shape index (κ3) is 1.21. The smallest absolute Gasteiger partial charge is 0.317 e. The summed E-state index contributed by atoms with van der Waals surface area (Å²) in [5.41, 5.74) is 2.65. The minimum atomic E-state index is -0.248. The van der Waals surface area contributed by atoms with Crippen LogP contribution in [0.15, 0.2) is 12.4 Å². The largest absolute Gasteiger partial charge is 0.424 e. The summed E-state index contributed by atoms with van der Waals surface area (Å²) in [7, 11) is 0. The minimum absolute atomic E-state index is 0.231. The van der Waals surface area contributed by atoms with Gasteiger partial charge in [-0.1, -0.05) is 13.3 Å². The van der Waals surface area contributed by atoms with E-state index in [2.05, 4.69) is 17.0 Å². The van der Waals surface area contributed by atoms with Gasteiger partial charge in [-0.3, -0.25) is 4.79 Å². The Labute approximate surface area is 92.1 Å². The van der Waals surface area contributed by atoms with Crippen molar-refractivity contribution < 1.29 is 9.53 Å². The van der Waals surface area contributed by atoms with Gasteiger partial charge in [0.15, 0.2) is 5.75 Å². The van der Waals surface area contributed by atoms with Gasteiger partial charge in [-0.2, -0.15) is 5.10 Å². The van der Waals surface area contributed by atoms with Crippen molar-refractivity contribution in [3.63, 3.8) is 0 Å². The van der Waals surface area contributed by atoms with Crippen LogP contribution in [0.1, 0.15) is 24.7 Å². The monoisotopic (exact) mass is 217 g/mol. The van der Waals surface area contributed by atoms with Gasteiger partial charge in [0.1, 0.15) is 11.8 Å². The third-order valence-corrected chi connectivity index (χ3v) is 2.71. The fourth-order valence-electron chi connectivity index (χ4n) is 2.07. The molecule has 0 amide bonds. The molecule has 2 aromatic rings. The molecule has 3 rings (SSSR count). The van der Waals surface area contributed by atoms with Crippen molar-refractivity contribution >= 4 is 11.5 Å². The van der Waals surface area contributed by atoms with Gasteiger partial charge >= 0.3 is 5.97 Å². The molecule has 0 saturated carbocycles. The highest BCUT2D eigenvalue weighted by Crippen LogP contribution is 2.30. The normalized spacial score (nSPS) is 14.2. The van der Waals surface area contributed by atoms with Gasteiger partial charge in [-0.15, -0.1) is 0 Å². The molecule has 3 heterocycles. The minimum Gasteiger partial charge on any atom is -0.424 e.